The first-order valence-electron chi connectivity index (χ1n) is 10.8. The van der Waals surface area contributed by atoms with Crippen molar-refractivity contribution in [1.82, 2.24) is 19.9 Å². The molecule has 0 saturated carbocycles. The van der Waals surface area contributed by atoms with E-state index in [0.29, 0.717) is 5.56 Å². The Hall–Kier alpha value is -3.44. The van der Waals surface area contributed by atoms with Crippen LogP contribution >= 0.6 is 23.2 Å². The fourth-order valence-corrected chi connectivity index (χ4v) is 3.92. The van der Waals surface area contributed by atoms with Crippen LogP contribution in [0.5, 0.6) is 0 Å². The molecule has 3 rings (SSSR count). The molecule has 36 heavy (non-hydrogen) atoms. The van der Waals surface area contributed by atoms with E-state index < -0.39 is 23.2 Å². The van der Waals surface area contributed by atoms with Gasteiger partial charge in [0, 0.05) is 12.6 Å². The van der Waals surface area contributed by atoms with Crippen LogP contribution in [0, 0.1) is 0 Å². The number of aromatic nitrogens is 4. The van der Waals surface area contributed by atoms with E-state index in [9.17, 15) is 19.2 Å². The Bertz CT molecular complexity index is 1410. The highest BCUT2D eigenvalue weighted by Gasteiger charge is 2.28. The number of benzene rings is 1. The van der Waals surface area contributed by atoms with Crippen LogP contribution in [0.3, 0.4) is 0 Å². The second-order valence-corrected chi connectivity index (χ2v) is 10.1. The van der Waals surface area contributed by atoms with Gasteiger partial charge in [0.1, 0.15) is 11.3 Å². The molecular weight excluding hydrogens is 513 g/mol. The van der Waals surface area contributed by atoms with Crippen LogP contribution in [-0.2, 0) is 18.3 Å². The first-order valence-corrected chi connectivity index (χ1v) is 11.6. The lowest BCUT2D eigenvalue weighted by Crippen LogP contribution is -2.37. The van der Waals surface area contributed by atoms with Crippen molar-refractivity contribution in [3.63, 3.8) is 0 Å². The summed E-state index contributed by atoms with van der Waals surface area (Å²) in [6, 6.07) is 4.13. The molecule has 0 aliphatic rings. The van der Waals surface area contributed by atoms with Crippen molar-refractivity contribution >= 4 is 40.8 Å². The molecular formula is C23H25Cl2N5O6. The average molecular weight is 538 g/mol. The lowest BCUT2D eigenvalue weighted by Gasteiger charge is -2.27. The molecule has 11 nitrogen and oxygen atoms in total. The number of ketones is 1. The van der Waals surface area contributed by atoms with Gasteiger partial charge in [-0.15, -0.1) is 0 Å². The Morgan fingerprint density at radius 1 is 1.17 bits per heavy atom. The first kappa shape index (κ1) is 27.2. The van der Waals surface area contributed by atoms with Gasteiger partial charge in [-0.25, -0.2) is 14.3 Å². The molecule has 2 heterocycles. The highest BCUT2D eigenvalue weighted by atomic mass is 35.5. The van der Waals surface area contributed by atoms with Gasteiger partial charge in [-0.3, -0.25) is 24.0 Å². The van der Waals surface area contributed by atoms with Crippen LogP contribution in [0.1, 0.15) is 68.0 Å². The van der Waals surface area contributed by atoms with Crippen LogP contribution in [0.2, 0.25) is 10.0 Å². The predicted molar refractivity (Wildman–Crippen MR) is 133 cm³/mol. The van der Waals surface area contributed by atoms with Gasteiger partial charge in [-0.1, -0.05) is 42.2 Å². The minimum atomic E-state index is -0.834. The van der Waals surface area contributed by atoms with Crippen LogP contribution in [-0.4, -0.2) is 37.4 Å². The fourth-order valence-electron chi connectivity index (χ4n) is 3.27. The van der Waals surface area contributed by atoms with E-state index in [1.807, 2.05) is 13.8 Å². The van der Waals surface area contributed by atoms with E-state index in [2.05, 4.69) is 19.8 Å². The van der Waals surface area contributed by atoms with E-state index in [-0.39, 0.29) is 50.8 Å². The van der Waals surface area contributed by atoms with Gasteiger partial charge < -0.3 is 4.74 Å². The number of carbonyl (C=O) groups is 2. The largest absolute Gasteiger partial charge is 0.443 e. The molecule has 0 fully saturated rings. The van der Waals surface area contributed by atoms with Crippen molar-refractivity contribution < 1.29 is 18.8 Å². The van der Waals surface area contributed by atoms with Gasteiger partial charge in [-0.2, -0.15) is 5.10 Å². The molecule has 3 aromatic rings. The van der Waals surface area contributed by atoms with Crippen molar-refractivity contribution in [3.8, 4) is 0 Å². The molecule has 0 unspecified atom stereocenters. The molecule has 0 aliphatic carbocycles. The quantitative estimate of drug-likeness (QED) is 0.464. The molecule has 0 atom stereocenters. The summed E-state index contributed by atoms with van der Waals surface area (Å²) in [5, 5.41) is 7.51. The Balaban J connectivity index is 2.06. The number of amides is 1. The average Bonchev–Trinajstić information content (AvgIpc) is 3.16. The number of carbonyl (C=O) groups excluding carboxylic acids is 2. The number of aromatic amines is 1. The molecule has 192 valence electrons. The van der Waals surface area contributed by atoms with Crippen molar-refractivity contribution in [3.05, 3.63) is 71.8 Å². The van der Waals surface area contributed by atoms with E-state index in [0.717, 1.165) is 9.58 Å². The summed E-state index contributed by atoms with van der Waals surface area (Å²) in [5.41, 5.74) is -0.621. The zero-order chi connectivity index (χ0) is 26.9. The smallest absolute Gasteiger partial charge is 0.438 e. The predicted octanol–water partition coefficient (Wildman–Crippen LogP) is 4.06. The summed E-state index contributed by atoms with van der Waals surface area (Å²) < 4.78 is 11.1. The highest BCUT2D eigenvalue weighted by molar-refractivity contribution is 6.41. The van der Waals surface area contributed by atoms with Gasteiger partial charge in [0.25, 0.3) is 5.56 Å². The van der Waals surface area contributed by atoms with Crippen LogP contribution in [0.15, 0.2) is 32.3 Å². The van der Waals surface area contributed by atoms with Crippen molar-refractivity contribution in [2.24, 2.45) is 7.05 Å². The van der Waals surface area contributed by atoms with Gasteiger partial charge in [-0.05, 0) is 44.9 Å². The number of anilines is 1. The van der Waals surface area contributed by atoms with Gasteiger partial charge in [0.05, 0.1) is 27.8 Å². The number of hydrogen-bond donors (Lipinski definition) is 1. The summed E-state index contributed by atoms with van der Waals surface area (Å²) >= 11 is 12.9. The van der Waals surface area contributed by atoms with E-state index in [1.165, 1.54) is 25.2 Å². The van der Waals surface area contributed by atoms with Crippen LogP contribution in [0.4, 0.5) is 10.5 Å². The van der Waals surface area contributed by atoms with Gasteiger partial charge in [0.15, 0.2) is 5.82 Å². The molecule has 1 amide bonds. The topological polar surface area (TPSA) is 140 Å². The van der Waals surface area contributed by atoms with E-state index >= 15 is 0 Å². The Labute approximate surface area is 215 Å². The second-order valence-electron chi connectivity index (χ2n) is 9.29. The van der Waals surface area contributed by atoms with E-state index in [1.54, 1.807) is 20.8 Å². The number of halogens is 2. The maximum atomic E-state index is 13.3. The Kier molecular flexibility index (Phi) is 7.75. The molecule has 0 saturated heterocycles. The lowest BCUT2D eigenvalue weighted by atomic mass is 10.0. The second kappa shape index (κ2) is 10.3. The third-order valence-electron chi connectivity index (χ3n) is 4.92. The maximum absolute atomic E-state index is 13.3. The Morgan fingerprint density at radius 2 is 1.78 bits per heavy atom. The summed E-state index contributed by atoms with van der Waals surface area (Å²) in [6.07, 6.45) is -0.779. The van der Waals surface area contributed by atoms with Crippen LogP contribution in [0.25, 0.3) is 0 Å². The number of rotatable bonds is 6. The van der Waals surface area contributed by atoms with Crippen molar-refractivity contribution in [1.29, 1.82) is 0 Å². The third-order valence-corrected chi connectivity index (χ3v) is 5.51. The molecule has 0 aliphatic heterocycles. The fraction of sp³-hybridized carbons (Fsp3) is 0.391. The summed E-state index contributed by atoms with van der Waals surface area (Å²) in [6.45, 7) is 8.48. The monoisotopic (exact) mass is 537 g/mol. The molecule has 0 spiro atoms. The number of ether oxygens (including phenoxy) is 1. The SMILES string of the molecule is CC(C)c1cc(C(=O)c2c(Cl)cc(N(Cc3noc(=O)[nH]3)C(=O)OC(C)(C)C)cc2Cl)nn(C)c1=O. The number of hydrogen-bond acceptors (Lipinski definition) is 8. The number of nitrogens with zero attached hydrogens (tertiary/aromatic N) is 4. The summed E-state index contributed by atoms with van der Waals surface area (Å²) in [7, 11) is 1.45. The molecule has 13 heteroatoms. The minimum Gasteiger partial charge on any atom is -0.443 e. The number of H-pyrrole nitrogens is 1. The van der Waals surface area contributed by atoms with Crippen LogP contribution < -0.4 is 16.2 Å². The standard InChI is InChI=1S/C23H25Cl2N5O6/c1-11(2)13-9-16(27-29(6)20(13)32)19(31)18-14(24)7-12(8-15(18)25)30(22(34)35-23(3,4)5)10-17-26-21(33)36-28-17/h7-9,11H,10H2,1-6H3,(H,26,28,33). The molecule has 2 aromatic heterocycles. The lowest BCUT2D eigenvalue weighted by molar-refractivity contribution is 0.0576. The zero-order valence-corrected chi connectivity index (χ0v) is 22.0. The molecule has 0 bridgehead atoms. The number of nitrogens with one attached hydrogen (secondary N) is 1. The van der Waals surface area contributed by atoms with Crippen molar-refractivity contribution in [2.45, 2.75) is 52.7 Å². The highest BCUT2D eigenvalue weighted by Crippen LogP contribution is 2.33. The molecule has 0 radical (unpaired) electrons. The van der Waals surface area contributed by atoms with Gasteiger partial charge in [0.2, 0.25) is 5.78 Å². The third kappa shape index (κ3) is 6.03. The molecule has 1 N–H and O–H groups in total. The molecule has 1 aromatic carbocycles. The van der Waals surface area contributed by atoms with Crippen molar-refractivity contribution in [2.75, 3.05) is 4.90 Å². The first-order chi connectivity index (χ1) is 16.7. The Morgan fingerprint density at radius 3 is 2.28 bits per heavy atom. The summed E-state index contributed by atoms with van der Waals surface area (Å²) in [4.78, 5) is 53.5. The summed E-state index contributed by atoms with van der Waals surface area (Å²) in [5.74, 6) is -1.49. The minimum absolute atomic E-state index is 0.0125. The zero-order valence-electron chi connectivity index (χ0n) is 20.5. The normalized spacial score (nSPS) is 11.6. The maximum Gasteiger partial charge on any atom is 0.438 e. The van der Waals surface area contributed by atoms with Gasteiger partial charge >= 0.3 is 11.8 Å². The van der Waals surface area contributed by atoms with E-state index in [4.69, 9.17) is 27.9 Å². The number of aryl methyl sites for hydroxylation is 1.